The molecular weight excluding hydrogens is 674 g/mol. The molecule has 0 bridgehead atoms. The first kappa shape index (κ1) is 49.7. The zero-order valence-corrected chi connectivity index (χ0v) is 35.0. The summed E-state index contributed by atoms with van der Waals surface area (Å²) < 4.78 is 57.1. The summed E-state index contributed by atoms with van der Waals surface area (Å²) in [4.78, 5) is 13.7. The molecule has 0 aromatic carbocycles. The predicted molar refractivity (Wildman–Crippen MR) is 215 cm³/mol. The van der Waals surface area contributed by atoms with Crippen molar-refractivity contribution in [1.29, 1.82) is 0 Å². The molecule has 2 atom stereocenters. The van der Waals surface area contributed by atoms with Crippen molar-refractivity contribution in [3.05, 3.63) is 23.8 Å². The van der Waals surface area contributed by atoms with E-state index in [1.54, 1.807) is 0 Å². The number of unbranched alkanes of at least 4 members (excludes halogenated alkanes) is 16. The molecule has 0 unspecified atom stereocenters. The van der Waals surface area contributed by atoms with Crippen molar-refractivity contribution in [3.8, 4) is 0 Å². The third kappa shape index (κ3) is 18.9. The van der Waals surface area contributed by atoms with Gasteiger partial charge < -0.3 is 24.1 Å². The minimum atomic E-state index is -2.59. The van der Waals surface area contributed by atoms with Crippen LogP contribution in [-0.4, -0.2) is 49.1 Å². The Morgan fingerprint density at radius 1 is 0.604 bits per heavy atom. The minimum Gasteiger partial charge on any atom is -0.477 e. The Balaban J connectivity index is 3.59. The summed E-state index contributed by atoms with van der Waals surface area (Å²) in [7, 11) is 0. The number of hydrogen-bond donors (Lipinski definition) is 1. The van der Waals surface area contributed by atoms with Gasteiger partial charge in [-0.05, 0) is 82.5 Å². The van der Waals surface area contributed by atoms with Crippen LogP contribution in [0.5, 0.6) is 0 Å². The van der Waals surface area contributed by atoms with Gasteiger partial charge in [-0.15, -0.1) is 0 Å². The largest absolute Gasteiger partial charge is 0.477 e. The van der Waals surface area contributed by atoms with Crippen molar-refractivity contribution in [1.82, 2.24) is 0 Å². The third-order valence-electron chi connectivity index (χ3n) is 10.9. The van der Waals surface area contributed by atoms with Crippen LogP contribution in [0.15, 0.2) is 23.8 Å². The Morgan fingerprint density at radius 2 is 1.04 bits per heavy atom. The average molecular weight is 757 g/mol. The zero-order valence-electron chi connectivity index (χ0n) is 35.0. The second kappa shape index (κ2) is 31.8. The number of hydrogen-bond acceptors (Lipinski definition) is 5. The molecule has 312 valence electrons. The van der Waals surface area contributed by atoms with Crippen LogP contribution >= 0.6 is 0 Å². The van der Waals surface area contributed by atoms with E-state index in [1.807, 2.05) is 0 Å². The van der Waals surface area contributed by atoms with Crippen LogP contribution in [0.25, 0.3) is 0 Å². The molecule has 0 amide bonds. The Labute approximate surface area is 324 Å². The van der Waals surface area contributed by atoms with E-state index in [2.05, 4.69) is 46.8 Å². The summed E-state index contributed by atoms with van der Waals surface area (Å²) in [5.74, 6) is -5.63. The highest BCUT2D eigenvalue weighted by molar-refractivity contribution is 5.78. The highest BCUT2D eigenvalue weighted by atomic mass is 19.3. The van der Waals surface area contributed by atoms with Crippen LogP contribution in [0.4, 0.5) is 8.78 Å². The minimum absolute atomic E-state index is 0.0388. The fourth-order valence-electron chi connectivity index (χ4n) is 7.64. The number of rotatable bonds is 37. The molecule has 1 fully saturated rings. The molecular formula is C45H82F2O6. The fourth-order valence-corrected chi connectivity index (χ4v) is 7.64. The molecule has 1 aliphatic rings. The van der Waals surface area contributed by atoms with Gasteiger partial charge in [0.15, 0.2) is 0 Å². The van der Waals surface area contributed by atoms with Gasteiger partial charge in [0.25, 0.3) is 11.9 Å². The molecule has 8 heteroatoms. The van der Waals surface area contributed by atoms with E-state index in [9.17, 15) is 9.90 Å². The molecule has 0 aliphatic heterocycles. The smallest absolute Gasteiger partial charge is 0.370 e. The van der Waals surface area contributed by atoms with Crippen molar-refractivity contribution in [2.45, 2.75) is 220 Å². The van der Waals surface area contributed by atoms with Gasteiger partial charge in [0.05, 0.1) is 32.0 Å². The molecule has 0 spiro atoms. The van der Waals surface area contributed by atoms with Gasteiger partial charge in [-0.2, -0.15) is 8.78 Å². The maximum absolute atomic E-state index is 15.7. The van der Waals surface area contributed by atoms with Crippen molar-refractivity contribution in [3.63, 3.8) is 0 Å². The summed E-state index contributed by atoms with van der Waals surface area (Å²) in [6, 6.07) is 0. The molecule has 6 nitrogen and oxygen atoms in total. The normalized spacial score (nSPS) is 16.6. The Kier molecular flexibility index (Phi) is 29.8. The lowest BCUT2D eigenvalue weighted by Crippen LogP contribution is -2.67. The van der Waals surface area contributed by atoms with Crippen molar-refractivity contribution in [2.75, 3.05) is 26.4 Å². The van der Waals surface area contributed by atoms with E-state index in [-0.39, 0.29) is 32.8 Å². The maximum atomic E-state index is 15.7. The topological polar surface area (TPSA) is 74.2 Å². The molecule has 0 saturated heterocycles. The second-order valence-electron chi connectivity index (χ2n) is 15.4. The summed E-state index contributed by atoms with van der Waals surface area (Å²) in [5, 5.41) is 11.2. The van der Waals surface area contributed by atoms with Gasteiger partial charge >= 0.3 is 11.8 Å². The molecule has 0 heterocycles. The standard InChI is InChI=1S/C45H82F2O6/c1-6-11-16-21-22-23-30-39-31-28-32-40(39)33-29-34-41(42(46)47)44(50-35-24-17-12-7-2,51-36-25-18-13-8-3)45(43(48)49,52-37-26-19-14-9-4)53-38-27-20-15-10-5/h23,30,39-40H,6-22,24-29,31-38H2,1-5H3,(H,48,49)/t39-,40+/m0/s1. The number of halogens is 2. The molecule has 1 saturated carbocycles. The highest BCUT2D eigenvalue weighted by Gasteiger charge is 2.66. The van der Waals surface area contributed by atoms with Gasteiger partial charge in [0, 0.05) is 0 Å². The first-order valence-electron chi connectivity index (χ1n) is 22.3. The number of carboxylic acid groups (broad SMARTS) is 1. The molecule has 1 rings (SSSR count). The second-order valence-corrected chi connectivity index (χ2v) is 15.4. The lowest BCUT2D eigenvalue weighted by Gasteiger charge is -2.46. The van der Waals surface area contributed by atoms with Crippen molar-refractivity contribution in [2.24, 2.45) is 11.8 Å². The molecule has 1 aliphatic carbocycles. The SMILES string of the molecule is CCCCCCC=C[C@H]1CCC[C@@H]1CCCC(=C(F)F)C(OCCCCCC)(OCCCCCC)C(OCCCCCC)(OCCCCCC)C(=O)O. The van der Waals surface area contributed by atoms with Crippen LogP contribution in [0, 0.1) is 11.8 Å². The summed E-state index contributed by atoms with van der Waals surface area (Å²) in [6.07, 6.45) is 26.9. The Morgan fingerprint density at radius 3 is 1.45 bits per heavy atom. The lowest BCUT2D eigenvalue weighted by molar-refractivity contribution is -0.384. The Bertz CT molecular complexity index is 921. The highest BCUT2D eigenvalue weighted by Crippen LogP contribution is 2.45. The first-order valence-corrected chi connectivity index (χ1v) is 22.3. The average Bonchev–Trinajstić information content (AvgIpc) is 3.59. The number of carbonyl (C=O) groups is 1. The summed E-state index contributed by atoms with van der Waals surface area (Å²) >= 11 is 0. The first-order chi connectivity index (χ1) is 25.8. The lowest BCUT2D eigenvalue weighted by atomic mass is 9.87. The van der Waals surface area contributed by atoms with Crippen LogP contribution in [-0.2, 0) is 23.7 Å². The van der Waals surface area contributed by atoms with Crippen LogP contribution in [0.1, 0.15) is 208 Å². The summed E-state index contributed by atoms with van der Waals surface area (Å²) in [6.45, 7) is 10.8. The fraction of sp³-hybridized carbons (Fsp3) is 0.889. The van der Waals surface area contributed by atoms with E-state index >= 15 is 8.78 Å². The van der Waals surface area contributed by atoms with Gasteiger partial charge in [-0.1, -0.05) is 150 Å². The van der Waals surface area contributed by atoms with Crippen LogP contribution in [0.3, 0.4) is 0 Å². The monoisotopic (exact) mass is 757 g/mol. The summed E-state index contributed by atoms with van der Waals surface area (Å²) in [5.41, 5.74) is -0.436. The van der Waals surface area contributed by atoms with E-state index in [4.69, 9.17) is 18.9 Å². The van der Waals surface area contributed by atoms with Gasteiger partial charge in [-0.25, -0.2) is 4.79 Å². The third-order valence-corrected chi connectivity index (χ3v) is 10.9. The molecule has 0 aromatic heterocycles. The van der Waals surface area contributed by atoms with E-state index in [0.717, 1.165) is 109 Å². The zero-order chi connectivity index (χ0) is 39.0. The van der Waals surface area contributed by atoms with Crippen molar-refractivity contribution < 1.29 is 37.6 Å². The van der Waals surface area contributed by atoms with Crippen LogP contribution in [0.2, 0.25) is 0 Å². The number of aliphatic carboxylic acids is 1. The van der Waals surface area contributed by atoms with E-state index in [1.165, 1.54) is 25.7 Å². The molecule has 0 radical (unpaired) electrons. The van der Waals surface area contributed by atoms with Gasteiger partial charge in [0.2, 0.25) is 0 Å². The maximum Gasteiger partial charge on any atom is 0.370 e. The molecule has 1 N–H and O–H groups in total. The van der Waals surface area contributed by atoms with E-state index in [0.29, 0.717) is 43.9 Å². The number of ether oxygens (including phenoxy) is 4. The van der Waals surface area contributed by atoms with Crippen LogP contribution < -0.4 is 0 Å². The van der Waals surface area contributed by atoms with Gasteiger partial charge in [0.1, 0.15) is 0 Å². The van der Waals surface area contributed by atoms with E-state index < -0.39 is 29.2 Å². The quantitative estimate of drug-likeness (QED) is 0.0386. The molecule has 0 aromatic rings. The molecule has 53 heavy (non-hydrogen) atoms. The Hall–Kier alpha value is -1.35. The number of carboxylic acids is 1. The predicted octanol–water partition coefficient (Wildman–Crippen LogP) is 14.1. The number of allylic oxidation sites excluding steroid dienone is 2. The van der Waals surface area contributed by atoms with Gasteiger partial charge in [-0.3, -0.25) is 0 Å². The van der Waals surface area contributed by atoms with Crippen molar-refractivity contribution >= 4 is 5.97 Å².